The molecule has 0 N–H and O–H groups in total. The van der Waals surface area contributed by atoms with Gasteiger partial charge in [0.1, 0.15) is 6.33 Å². The molecule has 8 aromatic rings. The first-order valence-electron chi connectivity index (χ1n) is 14.2. The second kappa shape index (κ2) is 7.96. The summed E-state index contributed by atoms with van der Waals surface area (Å²) < 4.78 is 4.57. The van der Waals surface area contributed by atoms with Crippen LogP contribution in [0.25, 0.3) is 66.1 Å². The highest BCUT2D eigenvalue weighted by Gasteiger charge is 2.37. The molecule has 2 heterocycles. The maximum atomic E-state index is 4.81. The van der Waals surface area contributed by atoms with Crippen LogP contribution < -0.4 is 0 Å². The van der Waals surface area contributed by atoms with E-state index in [4.69, 9.17) is 4.98 Å². The van der Waals surface area contributed by atoms with Gasteiger partial charge in [-0.3, -0.25) is 4.57 Å². The number of benzene rings is 6. The van der Waals surface area contributed by atoms with Crippen LogP contribution in [0.4, 0.5) is 0 Å². The minimum absolute atomic E-state index is 0.112. The van der Waals surface area contributed by atoms with E-state index in [1.807, 2.05) is 12.4 Å². The maximum absolute atomic E-state index is 4.81. The number of fused-ring (bicyclic) bond motifs is 9. The van der Waals surface area contributed by atoms with Gasteiger partial charge in [0.15, 0.2) is 0 Å². The van der Waals surface area contributed by atoms with Crippen molar-refractivity contribution in [3.05, 3.63) is 139 Å². The van der Waals surface area contributed by atoms with Gasteiger partial charge < -0.3 is 4.57 Å². The van der Waals surface area contributed by atoms with Gasteiger partial charge in [-0.2, -0.15) is 0 Å². The maximum Gasteiger partial charge on any atom is 0.100 e. The Kier molecular flexibility index (Phi) is 4.39. The van der Waals surface area contributed by atoms with Crippen LogP contribution in [0, 0.1) is 0 Å². The first kappa shape index (κ1) is 22.6. The molecule has 41 heavy (non-hydrogen) atoms. The van der Waals surface area contributed by atoms with Crippen molar-refractivity contribution in [2.45, 2.75) is 19.3 Å². The molecule has 0 aliphatic heterocycles. The smallest absolute Gasteiger partial charge is 0.100 e. The zero-order valence-corrected chi connectivity index (χ0v) is 23.0. The second-order valence-electron chi connectivity index (χ2n) is 11.7. The highest BCUT2D eigenvalue weighted by molar-refractivity contribution is 6.12. The summed E-state index contributed by atoms with van der Waals surface area (Å²) >= 11 is 0. The van der Waals surface area contributed by atoms with E-state index in [-0.39, 0.29) is 5.41 Å². The Balaban J connectivity index is 1.31. The molecule has 0 saturated heterocycles. The first-order chi connectivity index (χ1) is 20.1. The molecule has 0 saturated carbocycles. The molecule has 1 aliphatic carbocycles. The Hall–Kier alpha value is -5.15. The average molecular weight is 526 g/mol. The Morgan fingerprint density at radius 2 is 1.34 bits per heavy atom. The second-order valence-corrected chi connectivity index (χ2v) is 11.7. The average Bonchev–Trinajstić information content (AvgIpc) is 3.65. The monoisotopic (exact) mass is 525 g/mol. The minimum Gasteiger partial charge on any atom is -0.309 e. The van der Waals surface area contributed by atoms with Gasteiger partial charge >= 0.3 is 0 Å². The quantitative estimate of drug-likeness (QED) is 0.220. The Bertz CT molecular complexity index is 2330. The number of hydrogen-bond acceptors (Lipinski definition) is 1. The van der Waals surface area contributed by atoms with Gasteiger partial charge in [0, 0.05) is 27.6 Å². The molecule has 3 nitrogen and oxygen atoms in total. The summed E-state index contributed by atoms with van der Waals surface area (Å²) in [6.45, 7) is 4.76. The normalized spacial score (nSPS) is 13.8. The Morgan fingerprint density at radius 3 is 2.22 bits per heavy atom. The molecule has 1 aliphatic rings. The molecule has 194 valence electrons. The molecule has 0 spiro atoms. The van der Waals surface area contributed by atoms with Crippen molar-refractivity contribution in [1.82, 2.24) is 14.1 Å². The zero-order valence-electron chi connectivity index (χ0n) is 23.0. The van der Waals surface area contributed by atoms with Gasteiger partial charge in [-0.1, -0.05) is 86.6 Å². The van der Waals surface area contributed by atoms with Gasteiger partial charge in [-0.15, -0.1) is 0 Å². The summed E-state index contributed by atoms with van der Waals surface area (Å²) in [4.78, 5) is 4.81. The molecule has 9 rings (SSSR count). The minimum atomic E-state index is -0.112. The fourth-order valence-electron chi connectivity index (χ4n) is 7.27. The summed E-state index contributed by atoms with van der Waals surface area (Å²) in [5.74, 6) is 0. The van der Waals surface area contributed by atoms with E-state index in [0.717, 1.165) is 22.4 Å². The SMILES string of the molecule is CC1(C)c2cc3c(cc2-c2ccc4ccccc4c21)c1ccccc1n3-c1ccc2c(c1)ncn2-c1ccccc1. The van der Waals surface area contributed by atoms with Crippen molar-refractivity contribution in [1.29, 1.82) is 0 Å². The molecular weight excluding hydrogens is 498 g/mol. The van der Waals surface area contributed by atoms with E-state index in [2.05, 4.69) is 138 Å². The predicted molar refractivity (Wildman–Crippen MR) is 170 cm³/mol. The molecule has 0 amide bonds. The third-order valence-electron chi connectivity index (χ3n) is 9.15. The lowest BCUT2D eigenvalue weighted by atomic mass is 9.80. The van der Waals surface area contributed by atoms with Crippen LogP contribution in [0.1, 0.15) is 25.0 Å². The lowest BCUT2D eigenvalue weighted by molar-refractivity contribution is 0.667. The summed E-state index contributed by atoms with van der Waals surface area (Å²) in [6, 6.07) is 44.1. The van der Waals surface area contributed by atoms with Crippen LogP contribution >= 0.6 is 0 Å². The van der Waals surface area contributed by atoms with Crippen molar-refractivity contribution in [2.75, 3.05) is 0 Å². The van der Waals surface area contributed by atoms with Gasteiger partial charge in [0.2, 0.25) is 0 Å². The lowest BCUT2D eigenvalue weighted by Gasteiger charge is -2.23. The lowest BCUT2D eigenvalue weighted by Crippen LogP contribution is -2.15. The van der Waals surface area contributed by atoms with E-state index in [9.17, 15) is 0 Å². The Morgan fingerprint density at radius 1 is 0.561 bits per heavy atom. The van der Waals surface area contributed by atoms with Crippen molar-refractivity contribution in [2.24, 2.45) is 0 Å². The number of rotatable bonds is 2. The van der Waals surface area contributed by atoms with Gasteiger partial charge in [-0.05, 0) is 81.6 Å². The number of nitrogens with zero attached hydrogens (tertiary/aromatic N) is 3. The third kappa shape index (κ3) is 3.01. The van der Waals surface area contributed by atoms with Crippen LogP contribution in [0.15, 0.2) is 128 Å². The molecule has 0 fully saturated rings. The number of para-hydroxylation sites is 2. The molecule has 3 heteroatoms. The zero-order chi connectivity index (χ0) is 27.3. The van der Waals surface area contributed by atoms with Crippen LogP contribution in [-0.4, -0.2) is 14.1 Å². The number of imidazole rings is 1. The van der Waals surface area contributed by atoms with Gasteiger partial charge in [-0.25, -0.2) is 4.98 Å². The van der Waals surface area contributed by atoms with Crippen LogP contribution in [0.2, 0.25) is 0 Å². The highest BCUT2D eigenvalue weighted by Crippen LogP contribution is 2.53. The Labute approximate surface area is 237 Å². The van der Waals surface area contributed by atoms with Crippen molar-refractivity contribution >= 4 is 43.6 Å². The standard InChI is InChI=1S/C38H27N3/c1-38(2)32-22-36-31(21-30(32)29-18-16-24-10-6-7-13-27(24)37(29)38)28-14-8-9-15-34(28)41(36)26-17-19-35-33(20-26)39-23-40(35)25-11-4-3-5-12-25/h3-23H,1-2H3. The molecule has 0 bridgehead atoms. The molecular formula is C38H27N3. The van der Waals surface area contributed by atoms with Crippen molar-refractivity contribution in [3.63, 3.8) is 0 Å². The van der Waals surface area contributed by atoms with Crippen molar-refractivity contribution < 1.29 is 0 Å². The van der Waals surface area contributed by atoms with Crippen LogP contribution in [-0.2, 0) is 5.41 Å². The molecule has 6 aromatic carbocycles. The fraction of sp³-hybridized carbons (Fsp3) is 0.0789. The highest BCUT2D eigenvalue weighted by atomic mass is 15.1. The number of hydrogen-bond donors (Lipinski definition) is 0. The first-order valence-corrected chi connectivity index (χ1v) is 14.2. The van der Waals surface area contributed by atoms with Crippen LogP contribution in [0.5, 0.6) is 0 Å². The van der Waals surface area contributed by atoms with Gasteiger partial charge in [0.25, 0.3) is 0 Å². The largest absolute Gasteiger partial charge is 0.309 e. The third-order valence-corrected chi connectivity index (χ3v) is 9.15. The summed E-state index contributed by atoms with van der Waals surface area (Å²) in [7, 11) is 0. The predicted octanol–water partition coefficient (Wildman–Crippen LogP) is 9.58. The molecule has 0 unspecified atom stereocenters. The van der Waals surface area contributed by atoms with E-state index in [0.29, 0.717) is 0 Å². The van der Waals surface area contributed by atoms with E-state index >= 15 is 0 Å². The summed E-state index contributed by atoms with van der Waals surface area (Å²) in [5.41, 5.74) is 12.2. The molecule has 2 aromatic heterocycles. The van der Waals surface area contributed by atoms with Crippen LogP contribution in [0.3, 0.4) is 0 Å². The van der Waals surface area contributed by atoms with E-state index in [1.54, 1.807) is 0 Å². The van der Waals surface area contributed by atoms with E-state index < -0.39 is 0 Å². The fourth-order valence-corrected chi connectivity index (χ4v) is 7.27. The summed E-state index contributed by atoms with van der Waals surface area (Å²) in [6.07, 6.45) is 1.92. The van der Waals surface area contributed by atoms with E-state index in [1.165, 1.54) is 54.8 Å². The van der Waals surface area contributed by atoms with Gasteiger partial charge in [0.05, 0.1) is 22.1 Å². The number of aromatic nitrogens is 3. The molecule has 0 atom stereocenters. The summed E-state index contributed by atoms with van der Waals surface area (Å²) in [5, 5.41) is 5.20. The van der Waals surface area contributed by atoms with Crippen molar-refractivity contribution in [3.8, 4) is 22.5 Å². The molecule has 0 radical (unpaired) electrons. The topological polar surface area (TPSA) is 22.8 Å².